The quantitative estimate of drug-likeness (QED) is 0.794. The molecular weight excluding hydrogens is 255 g/mol. The third kappa shape index (κ3) is 2.44. The van der Waals surface area contributed by atoms with Crippen LogP contribution in [0.15, 0.2) is 55.1 Å². The van der Waals surface area contributed by atoms with Gasteiger partial charge in [-0.05, 0) is 41.5 Å². The smallest absolute Gasteiger partial charge is 0.124 e. The first-order valence-electron chi connectivity index (χ1n) is 6.21. The number of hydrogen-bond acceptors (Lipinski definition) is 3. The molecule has 4 nitrogen and oxygen atoms in total. The van der Waals surface area contributed by atoms with Crippen molar-refractivity contribution in [1.82, 2.24) is 14.8 Å². The summed E-state index contributed by atoms with van der Waals surface area (Å²) in [5, 5.41) is 4.27. The van der Waals surface area contributed by atoms with Gasteiger partial charge in [-0.25, -0.2) is 9.07 Å². The van der Waals surface area contributed by atoms with E-state index in [1.807, 2.05) is 24.4 Å². The summed E-state index contributed by atoms with van der Waals surface area (Å²) in [4.78, 5) is 4.05. The van der Waals surface area contributed by atoms with Crippen LogP contribution in [0, 0.1) is 5.82 Å². The average Bonchev–Trinajstić information content (AvgIpc) is 2.97. The molecule has 0 atom stereocenters. The maximum absolute atomic E-state index is 13.5. The predicted octanol–water partition coefficient (Wildman–Crippen LogP) is 2.53. The molecule has 0 amide bonds. The third-order valence-electron chi connectivity index (χ3n) is 3.02. The van der Waals surface area contributed by atoms with Crippen LogP contribution in [0.2, 0.25) is 0 Å². The fourth-order valence-electron chi connectivity index (χ4n) is 2.04. The van der Waals surface area contributed by atoms with Gasteiger partial charge in [0.25, 0.3) is 0 Å². The van der Waals surface area contributed by atoms with Crippen molar-refractivity contribution in [2.75, 3.05) is 0 Å². The van der Waals surface area contributed by atoms with Crippen molar-refractivity contribution in [2.24, 2.45) is 5.73 Å². The largest absolute Gasteiger partial charge is 0.326 e. The zero-order chi connectivity index (χ0) is 13.9. The predicted molar refractivity (Wildman–Crippen MR) is 74.6 cm³/mol. The van der Waals surface area contributed by atoms with Crippen LogP contribution in [0.5, 0.6) is 0 Å². The Morgan fingerprint density at radius 2 is 2.05 bits per heavy atom. The van der Waals surface area contributed by atoms with Gasteiger partial charge in [0.2, 0.25) is 0 Å². The number of hydrogen-bond donors (Lipinski definition) is 1. The van der Waals surface area contributed by atoms with Crippen molar-refractivity contribution in [1.29, 1.82) is 0 Å². The molecule has 1 aromatic carbocycles. The lowest BCUT2D eigenvalue weighted by Gasteiger charge is -2.02. The highest BCUT2D eigenvalue weighted by molar-refractivity contribution is 5.63. The molecule has 100 valence electrons. The first-order chi connectivity index (χ1) is 9.76. The Labute approximate surface area is 115 Å². The average molecular weight is 268 g/mol. The van der Waals surface area contributed by atoms with E-state index in [1.54, 1.807) is 23.3 Å². The summed E-state index contributed by atoms with van der Waals surface area (Å²) in [6.45, 7) is 0.307. The van der Waals surface area contributed by atoms with Gasteiger partial charge in [0.15, 0.2) is 0 Å². The fourth-order valence-corrected chi connectivity index (χ4v) is 2.04. The molecule has 0 radical (unpaired) electrons. The molecule has 2 N–H and O–H groups in total. The Kier molecular flexibility index (Phi) is 3.26. The van der Waals surface area contributed by atoms with Crippen molar-refractivity contribution < 1.29 is 4.39 Å². The molecule has 2 aromatic heterocycles. The minimum Gasteiger partial charge on any atom is -0.326 e. The van der Waals surface area contributed by atoms with Gasteiger partial charge in [-0.2, -0.15) is 5.10 Å². The monoisotopic (exact) mass is 268 g/mol. The molecule has 0 unspecified atom stereocenters. The molecule has 5 heteroatoms. The van der Waals surface area contributed by atoms with E-state index >= 15 is 0 Å². The maximum atomic E-state index is 13.5. The lowest BCUT2D eigenvalue weighted by Crippen LogP contribution is -1.97. The summed E-state index contributed by atoms with van der Waals surface area (Å²) in [6, 6.07) is 8.53. The van der Waals surface area contributed by atoms with Crippen molar-refractivity contribution in [3.63, 3.8) is 0 Å². The first-order valence-corrected chi connectivity index (χ1v) is 6.21. The standard InChI is InChI=1S/C15H13FN4/c16-14-5-11(7-17)4-12(6-14)13-8-19-20(10-13)15-2-1-3-18-9-15/h1-6,8-10H,7,17H2. The highest BCUT2D eigenvalue weighted by atomic mass is 19.1. The Morgan fingerprint density at radius 1 is 1.15 bits per heavy atom. The molecule has 2 heterocycles. The van der Waals surface area contributed by atoms with E-state index < -0.39 is 0 Å². The second-order valence-corrected chi connectivity index (χ2v) is 4.44. The Morgan fingerprint density at radius 3 is 2.80 bits per heavy atom. The number of nitrogens with zero attached hydrogens (tertiary/aromatic N) is 3. The number of halogens is 1. The molecule has 0 saturated heterocycles. The Balaban J connectivity index is 2.00. The number of aromatic nitrogens is 3. The second kappa shape index (κ2) is 5.22. The van der Waals surface area contributed by atoms with Crippen LogP contribution in [-0.2, 0) is 6.54 Å². The van der Waals surface area contributed by atoms with Crippen LogP contribution in [0.3, 0.4) is 0 Å². The highest BCUT2D eigenvalue weighted by Crippen LogP contribution is 2.22. The summed E-state index contributed by atoms with van der Waals surface area (Å²) in [6.07, 6.45) is 6.95. The van der Waals surface area contributed by atoms with Crippen molar-refractivity contribution in [3.05, 3.63) is 66.5 Å². The zero-order valence-corrected chi connectivity index (χ0v) is 10.7. The zero-order valence-electron chi connectivity index (χ0n) is 10.7. The lowest BCUT2D eigenvalue weighted by atomic mass is 10.1. The van der Waals surface area contributed by atoms with Crippen LogP contribution >= 0.6 is 0 Å². The van der Waals surface area contributed by atoms with Gasteiger partial charge in [0.05, 0.1) is 18.1 Å². The van der Waals surface area contributed by atoms with E-state index in [2.05, 4.69) is 10.1 Å². The van der Waals surface area contributed by atoms with E-state index in [0.29, 0.717) is 6.54 Å². The highest BCUT2D eigenvalue weighted by Gasteiger charge is 2.06. The number of benzene rings is 1. The van der Waals surface area contributed by atoms with Crippen molar-refractivity contribution in [2.45, 2.75) is 6.54 Å². The molecule has 0 aliphatic rings. The van der Waals surface area contributed by atoms with Gasteiger partial charge in [-0.15, -0.1) is 0 Å². The molecule has 0 spiro atoms. The van der Waals surface area contributed by atoms with Gasteiger partial charge in [0.1, 0.15) is 5.82 Å². The molecular formula is C15H13FN4. The van der Waals surface area contributed by atoms with Gasteiger partial charge < -0.3 is 5.73 Å². The molecule has 0 saturated carbocycles. The number of nitrogens with two attached hydrogens (primary N) is 1. The molecule has 3 aromatic rings. The van der Waals surface area contributed by atoms with E-state index in [-0.39, 0.29) is 5.82 Å². The summed E-state index contributed by atoms with van der Waals surface area (Å²) >= 11 is 0. The van der Waals surface area contributed by atoms with E-state index in [0.717, 1.165) is 22.4 Å². The molecule has 0 bridgehead atoms. The molecule has 0 fully saturated rings. The fraction of sp³-hybridized carbons (Fsp3) is 0.0667. The summed E-state index contributed by atoms with van der Waals surface area (Å²) in [5.41, 5.74) is 8.78. The molecule has 0 aliphatic carbocycles. The van der Waals surface area contributed by atoms with Gasteiger partial charge in [-0.3, -0.25) is 4.98 Å². The third-order valence-corrected chi connectivity index (χ3v) is 3.02. The normalized spacial score (nSPS) is 10.7. The second-order valence-electron chi connectivity index (χ2n) is 4.44. The SMILES string of the molecule is NCc1cc(F)cc(-c2cnn(-c3cccnc3)c2)c1. The summed E-state index contributed by atoms with van der Waals surface area (Å²) in [5.74, 6) is -0.294. The summed E-state index contributed by atoms with van der Waals surface area (Å²) < 4.78 is 15.2. The van der Waals surface area contributed by atoms with E-state index in [4.69, 9.17) is 5.73 Å². The van der Waals surface area contributed by atoms with Crippen LogP contribution in [-0.4, -0.2) is 14.8 Å². The molecule has 0 aliphatic heterocycles. The van der Waals surface area contributed by atoms with Crippen LogP contribution < -0.4 is 5.73 Å². The number of pyridine rings is 1. The van der Waals surface area contributed by atoms with Gasteiger partial charge >= 0.3 is 0 Å². The number of rotatable bonds is 3. The minimum absolute atomic E-state index is 0.294. The first kappa shape index (κ1) is 12.5. The van der Waals surface area contributed by atoms with Gasteiger partial charge in [-0.1, -0.05) is 0 Å². The van der Waals surface area contributed by atoms with Crippen molar-refractivity contribution >= 4 is 0 Å². The van der Waals surface area contributed by atoms with Crippen LogP contribution in [0.1, 0.15) is 5.56 Å². The van der Waals surface area contributed by atoms with E-state index in [9.17, 15) is 4.39 Å². The maximum Gasteiger partial charge on any atom is 0.124 e. The molecule has 20 heavy (non-hydrogen) atoms. The lowest BCUT2D eigenvalue weighted by molar-refractivity contribution is 0.626. The molecule has 3 rings (SSSR count). The topological polar surface area (TPSA) is 56.7 Å². The van der Waals surface area contributed by atoms with Crippen molar-refractivity contribution in [3.8, 4) is 16.8 Å². The van der Waals surface area contributed by atoms with Crippen LogP contribution in [0.4, 0.5) is 4.39 Å². The minimum atomic E-state index is -0.294. The summed E-state index contributed by atoms with van der Waals surface area (Å²) in [7, 11) is 0. The van der Waals surface area contributed by atoms with E-state index in [1.165, 1.54) is 12.1 Å². The Hall–Kier alpha value is -2.53. The van der Waals surface area contributed by atoms with Crippen LogP contribution in [0.25, 0.3) is 16.8 Å². The van der Waals surface area contributed by atoms with Gasteiger partial charge in [0, 0.05) is 24.5 Å². The Bertz CT molecular complexity index is 722.